The van der Waals surface area contributed by atoms with Crippen LogP contribution in [0.2, 0.25) is 0 Å². The second-order valence-electron chi connectivity index (χ2n) is 12.1. The first-order valence-corrected chi connectivity index (χ1v) is 17.5. The Balaban J connectivity index is 2.48. The highest BCUT2D eigenvalue weighted by Gasteiger charge is 2.49. The molecule has 1 N–H and O–H groups in total. The summed E-state index contributed by atoms with van der Waals surface area (Å²) in [4.78, 5) is 37.5. The van der Waals surface area contributed by atoms with Crippen LogP contribution in [-0.4, -0.2) is 27.2 Å². The maximum Gasteiger partial charge on any atom is 0.273 e. The van der Waals surface area contributed by atoms with Gasteiger partial charge in [-0.3, -0.25) is 19.7 Å². The second kappa shape index (κ2) is 23.1. The number of nitrogens with zero attached hydrogens (tertiary/aromatic N) is 1. The Labute approximate surface area is 252 Å². The predicted octanol–water partition coefficient (Wildman–Crippen LogP) is 9.81. The van der Waals surface area contributed by atoms with E-state index < -0.39 is 22.2 Å². The molecule has 0 aromatic rings. The van der Waals surface area contributed by atoms with Crippen LogP contribution in [0.4, 0.5) is 0 Å². The van der Waals surface area contributed by atoms with E-state index in [1.54, 1.807) is 0 Å². The van der Waals surface area contributed by atoms with Crippen LogP contribution < -0.4 is 0 Å². The lowest BCUT2D eigenvalue weighted by atomic mass is 9.75. The molecule has 0 saturated carbocycles. The van der Waals surface area contributed by atoms with Gasteiger partial charge in [0, 0.05) is 24.2 Å². The van der Waals surface area contributed by atoms with Crippen molar-refractivity contribution in [1.29, 1.82) is 0 Å². The lowest BCUT2D eigenvalue weighted by Gasteiger charge is -2.34. The van der Waals surface area contributed by atoms with E-state index in [0.29, 0.717) is 12.8 Å². The number of allylic oxidation sites excluding steroid dienone is 1. The minimum absolute atomic E-state index is 0.111. The smallest absolute Gasteiger partial charge is 0.273 e. The standard InChI is InChI=1S/C34H60NO5P/c1-3-5-7-9-11-13-15-17-19-21-23-25-30(36)32-33(41)29(35(39)40)27-28-34(32,38)31(37)26-24-22-20-18-16-14-12-10-8-6-4-2/h27-28,32,38H,3-26,41H2,1-2H3. The van der Waals surface area contributed by atoms with Crippen molar-refractivity contribution >= 4 is 20.8 Å². The highest BCUT2D eigenvalue weighted by atomic mass is 31.0. The summed E-state index contributed by atoms with van der Waals surface area (Å²) in [5, 5.41) is 23.1. The number of hydrogen-bond acceptors (Lipinski definition) is 5. The third-order valence-electron chi connectivity index (χ3n) is 8.54. The fraction of sp³-hybridized carbons (Fsp3) is 0.824. The number of Topliss-reactive ketones (excluding diaryl/α,β-unsaturated/α-hetero) is 2. The molecular weight excluding hydrogens is 533 g/mol. The van der Waals surface area contributed by atoms with Crippen LogP contribution in [-0.2, 0) is 9.59 Å². The van der Waals surface area contributed by atoms with E-state index in [-0.39, 0.29) is 29.6 Å². The monoisotopic (exact) mass is 593 g/mol. The number of carbonyl (C=O) groups excluding carboxylic acids is 2. The molecule has 0 aromatic heterocycles. The van der Waals surface area contributed by atoms with E-state index in [1.807, 2.05) is 0 Å². The second-order valence-corrected chi connectivity index (χ2v) is 12.8. The highest BCUT2D eigenvalue weighted by molar-refractivity contribution is 7.22. The van der Waals surface area contributed by atoms with Crippen LogP contribution in [0, 0.1) is 16.0 Å². The Bertz CT molecular complexity index is 824. The van der Waals surface area contributed by atoms with Gasteiger partial charge in [0.25, 0.3) is 5.70 Å². The molecule has 0 heterocycles. The molecule has 7 heteroatoms. The Kier molecular flexibility index (Phi) is 21.2. The molecular formula is C34H60NO5P. The van der Waals surface area contributed by atoms with Crippen molar-refractivity contribution in [2.24, 2.45) is 5.92 Å². The molecule has 236 valence electrons. The maximum absolute atomic E-state index is 13.3. The van der Waals surface area contributed by atoms with Crippen LogP contribution in [0.5, 0.6) is 0 Å². The molecule has 0 aromatic carbocycles. The zero-order valence-electron chi connectivity index (χ0n) is 26.3. The summed E-state index contributed by atoms with van der Waals surface area (Å²) in [6.45, 7) is 4.46. The number of hydrogen-bond donors (Lipinski definition) is 1. The van der Waals surface area contributed by atoms with Crippen LogP contribution in [0.3, 0.4) is 0 Å². The van der Waals surface area contributed by atoms with Gasteiger partial charge in [-0.15, -0.1) is 9.24 Å². The third-order valence-corrected chi connectivity index (χ3v) is 9.17. The van der Waals surface area contributed by atoms with Crippen molar-refractivity contribution in [2.75, 3.05) is 0 Å². The first kappa shape index (κ1) is 37.6. The Morgan fingerprint density at radius 3 is 1.49 bits per heavy atom. The number of ketones is 2. The number of aliphatic hydroxyl groups is 1. The summed E-state index contributed by atoms with van der Waals surface area (Å²) < 4.78 is 0. The number of rotatable bonds is 27. The van der Waals surface area contributed by atoms with E-state index in [1.165, 1.54) is 102 Å². The molecule has 1 aliphatic rings. The van der Waals surface area contributed by atoms with Crippen molar-refractivity contribution < 1.29 is 19.6 Å². The SMILES string of the molecule is CCCCCCCCCCCCCC(=O)C1C(P)=C([N+](=O)[O-])C=CC1(O)C(=O)CCCCCCCCCCCCC. The summed E-state index contributed by atoms with van der Waals surface area (Å²) in [5.41, 5.74) is -2.23. The van der Waals surface area contributed by atoms with E-state index >= 15 is 0 Å². The normalized spacial score (nSPS) is 18.7. The molecule has 0 aliphatic heterocycles. The molecule has 41 heavy (non-hydrogen) atoms. The zero-order chi connectivity index (χ0) is 30.3. The quantitative estimate of drug-likeness (QED) is 0.0442. The lowest BCUT2D eigenvalue weighted by molar-refractivity contribution is -0.420. The first-order valence-electron chi connectivity index (χ1n) is 16.9. The summed E-state index contributed by atoms with van der Waals surface area (Å²) >= 11 is 0. The van der Waals surface area contributed by atoms with Crippen molar-refractivity contribution in [3.8, 4) is 0 Å². The van der Waals surface area contributed by atoms with Gasteiger partial charge in [0.2, 0.25) is 0 Å². The van der Waals surface area contributed by atoms with Crippen LogP contribution in [0.25, 0.3) is 0 Å². The molecule has 0 bridgehead atoms. The number of unbranched alkanes of at least 4 members (excludes halogenated alkanes) is 20. The fourth-order valence-corrected chi connectivity index (χ4v) is 6.52. The highest BCUT2D eigenvalue weighted by Crippen LogP contribution is 2.40. The molecule has 6 nitrogen and oxygen atoms in total. The van der Waals surface area contributed by atoms with Gasteiger partial charge in [-0.2, -0.15) is 0 Å². The van der Waals surface area contributed by atoms with E-state index in [2.05, 4.69) is 23.1 Å². The Morgan fingerprint density at radius 2 is 1.10 bits per heavy atom. The molecule has 0 radical (unpaired) electrons. The summed E-state index contributed by atoms with van der Waals surface area (Å²) in [5.74, 6) is -1.91. The number of carbonyl (C=O) groups is 2. The van der Waals surface area contributed by atoms with Gasteiger partial charge in [0.05, 0.1) is 10.8 Å². The molecule has 0 amide bonds. The Hall–Kier alpha value is -1.39. The molecule has 0 saturated heterocycles. The summed E-state index contributed by atoms with van der Waals surface area (Å²) in [7, 11) is 2.28. The van der Waals surface area contributed by atoms with E-state index in [4.69, 9.17) is 0 Å². The van der Waals surface area contributed by atoms with Gasteiger partial charge >= 0.3 is 0 Å². The first-order chi connectivity index (χ1) is 19.8. The van der Waals surface area contributed by atoms with Crippen LogP contribution in [0.15, 0.2) is 23.2 Å². The number of nitro groups is 1. The van der Waals surface area contributed by atoms with E-state index in [0.717, 1.165) is 38.5 Å². The molecule has 0 spiro atoms. The largest absolute Gasteiger partial charge is 0.377 e. The van der Waals surface area contributed by atoms with Crippen molar-refractivity contribution in [3.63, 3.8) is 0 Å². The molecule has 1 rings (SSSR count). The lowest BCUT2D eigenvalue weighted by Crippen LogP contribution is -2.49. The van der Waals surface area contributed by atoms with Gasteiger partial charge < -0.3 is 5.11 Å². The topological polar surface area (TPSA) is 97.5 Å². The molecule has 3 atom stereocenters. The summed E-state index contributed by atoms with van der Waals surface area (Å²) in [6.07, 6.45) is 28.3. The molecule has 0 fully saturated rings. The van der Waals surface area contributed by atoms with Crippen LogP contribution in [0.1, 0.15) is 168 Å². The maximum atomic E-state index is 13.3. The van der Waals surface area contributed by atoms with Crippen molar-refractivity contribution in [1.82, 2.24) is 0 Å². The van der Waals surface area contributed by atoms with Gasteiger partial charge in [-0.25, -0.2) is 0 Å². The van der Waals surface area contributed by atoms with E-state index in [9.17, 15) is 24.8 Å². The van der Waals surface area contributed by atoms with Gasteiger partial charge in [-0.05, 0) is 18.9 Å². The minimum Gasteiger partial charge on any atom is -0.377 e. The molecule has 3 unspecified atom stereocenters. The average Bonchev–Trinajstić information content (AvgIpc) is 2.94. The summed E-state index contributed by atoms with van der Waals surface area (Å²) in [6, 6.07) is 0. The third kappa shape index (κ3) is 15.1. The molecule has 1 aliphatic carbocycles. The minimum atomic E-state index is -2.01. The van der Waals surface area contributed by atoms with Gasteiger partial charge in [0.15, 0.2) is 11.4 Å². The van der Waals surface area contributed by atoms with Crippen LogP contribution >= 0.6 is 9.24 Å². The van der Waals surface area contributed by atoms with Crippen molar-refractivity contribution in [2.45, 2.75) is 174 Å². The average molecular weight is 594 g/mol. The Morgan fingerprint density at radius 1 is 0.732 bits per heavy atom. The van der Waals surface area contributed by atoms with Gasteiger partial charge in [0.1, 0.15) is 5.78 Å². The van der Waals surface area contributed by atoms with Crippen molar-refractivity contribution in [3.05, 3.63) is 33.3 Å². The fourth-order valence-electron chi connectivity index (χ4n) is 5.88. The zero-order valence-corrected chi connectivity index (χ0v) is 27.5. The van der Waals surface area contributed by atoms with Gasteiger partial charge in [-0.1, -0.05) is 142 Å². The predicted molar refractivity (Wildman–Crippen MR) is 173 cm³/mol.